The van der Waals surface area contributed by atoms with Gasteiger partial charge in [-0.2, -0.15) is 0 Å². The third kappa shape index (κ3) is 2.01. The lowest BCUT2D eigenvalue weighted by Crippen LogP contribution is -2.44. The maximum Gasteiger partial charge on any atom is 0.250 e. The molecule has 2 rings (SSSR count). The average Bonchev–Trinajstić information content (AvgIpc) is 2.24. The summed E-state index contributed by atoms with van der Waals surface area (Å²) in [4.78, 5) is 15.1. The standard InChI is InChI=1S/C12H17N3O/c1-2-12(6-3-7-12)15-10-5-4-9(8-14-10)11(13)16/h4-5,8H,2-3,6-7H2,1H3,(H2,13,16)(H,14,15). The Kier molecular flexibility index (Phi) is 2.81. The Morgan fingerprint density at radius 2 is 2.31 bits per heavy atom. The second kappa shape index (κ2) is 4.12. The Morgan fingerprint density at radius 1 is 1.56 bits per heavy atom. The van der Waals surface area contributed by atoms with Crippen molar-refractivity contribution in [3.8, 4) is 0 Å². The number of hydrogen-bond acceptors (Lipinski definition) is 3. The van der Waals surface area contributed by atoms with Crippen LogP contribution in [0.3, 0.4) is 0 Å². The molecule has 1 aromatic rings. The minimum atomic E-state index is -0.437. The molecule has 0 spiro atoms. The van der Waals surface area contributed by atoms with Crippen molar-refractivity contribution in [2.24, 2.45) is 5.73 Å². The van der Waals surface area contributed by atoms with E-state index in [2.05, 4.69) is 17.2 Å². The summed E-state index contributed by atoms with van der Waals surface area (Å²) >= 11 is 0. The summed E-state index contributed by atoms with van der Waals surface area (Å²) in [5, 5.41) is 3.44. The lowest BCUT2D eigenvalue weighted by atomic mass is 9.75. The van der Waals surface area contributed by atoms with Gasteiger partial charge in [-0.1, -0.05) is 6.92 Å². The normalized spacial score (nSPS) is 17.6. The van der Waals surface area contributed by atoms with E-state index in [0.29, 0.717) is 5.56 Å². The van der Waals surface area contributed by atoms with E-state index >= 15 is 0 Å². The van der Waals surface area contributed by atoms with Gasteiger partial charge < -0.3 is 11.1 Å². The smallest absolute Gasteiger partial charge is 0.250 e. The molecule has 4 nitrogen and oxygen atoms in total. The molecule has 0 saturated heterocycles. The molecule has 1 aromatic heterocycles. The third-order valence-electron chi connectivity index (χ3n) is 3.43. The molecule has 1 amide bonds. The minimum Gasteiger partial charge on any atom is -0.366 e. The monoisotopic (exact) mass is 219 g/mol. The van der Waals surface area contributed by atoms with Gasteiger partial charge in [0, 0.05) is 11.7 Å². The Balaban J connectivity index is 2.07. The van der Waals surface area contributed by atoms with Crippen LogP contribution in [0.2, 0.25) is 0 Å². The Hall–Kier alpha value is -1.58. The molecule has 4 heteroatoms. The number of hydrogen-bond donors (Lipinski definition) is 2. The Morgan fingerprint density at radius 3 is 2.69 bits per heavy atom. The van der Waals surface area contributed by atoms with Crippen LogP contribution < -0.4 is 11.1 Å². The van der Waals surface area contributed by atoms with Crippen molar-refractivity contribution >= 4 is 11.7 Å². The number of primary amides is 1. The molecule has 0 bridgehead atoms. The number of carbonyl (C=O) groups excluding carboxylic acids is 1. The van der Waals surface area contributed by atoms with Crippen molar-refractivity contribution in [3.63, 3.8) is 0 Å². The second-order valence-corrected chi connectivity index (χ2v) is 4.41. The van der Waals surface area contributed by atoms with E-state index in [9.17, 15) is 4.79 Å². The molecular weight excluding hydrogens is 202 g/mol. The van der Waals surface area contributed by atoms with E-state index in [0.717, 1.165) is 12.2 Å². The molecule has 1 fully saturated rings. The summed E-state index contributed by atoms with van der Waals surface area (Å²) in [5.74, 6) is 0.388. The number of rotatable bonds is 4. The quantitative estimate of drug-likeness (QED) is 0.813. The zero-order chi connectivity index (χ0) is 11.6. The predicted octanol–water partition coefficient (Wildman–Crippen LogP) is 1.93. The number of nitrogens with two attached hydrogens (primary N) is 1. The molecule has 1 heterocycles. The molecule has 0 aromatic carbocycles. The van der Waals surface area contributed by atoms with Gasteiger partial charge >= 0.3 is 0 Å². The van der Waals surface area contributed by atoms with Crippen LogP contribution in [0, 0.1) is 0 Å². The summed E-state index contributed by atoms with van der Waals surface area (Å²) in [5.41, 5.74) is 5.83. The van der Waals surface area contributed by atoms with E-state index in [1.54, 1.807) is 6.07 Å². The van der Waals surface area contributed by atoms with Gasteiger partial charge in [-0.3, -0.25) is 4.79 Å². The average molecular weight is 219 g/mol. The van der Waals surface area contributed by atoms with Gasteiger partial charge in [0.1, 0.15) is 5.82 Å². The van der Waals surface area contributed by atoms with Crippen molar-refractivity contribution in [2.45, 2.75) is 38.1 Å². The molecule has 0 atom stereocenters. The van der Waals surface area contributed by atoms with Crippen molar-refractivity contribution in [3.05, 3.63) is 23.9 Å². The highest BCUT2D eigenvalue weighted by atomic mass is 16.1. The fourth-order valence-corrected chi connectivity index (χ4v) is 2.06. The summed E-state index contributed by atoms with van der Waals surface area (Å²) in [6, 6.07) is 3.52. The first-order valence-electron chi connectivity index (χ1n) is 5.69. The molecule has 1 aliphatic rings. The number of anilines is 1. The zero-order valence-corrected chi connectivity index (χ0v) is 9.49. The minimum absolute atomic E-state index is 0.223. The summed E-state index contributed by atoms with van der Waals surface area (Å²) in [6.07, 6.45) is 6.30. The summed E-state index contributed by atoms with van der Waals surface area (Å²) < 4.78 is 0. The molecule has 86 valence electrons. The zero-order valence-electron chi connectivity index (χ0n) is 9.49. The van der Waals surface area contributed by atoms with Crippen LogP contribution in [0.5, 0.6) is 0 Å². The largest absolute Gasteiger partial charge is 0.366 e. The van der Waals surface area contributed by atoms with Crippen LogP contribution in [-0.2, 0) is 0 Å². The summed E-state index contributed by atoms with van der Waals surface area (Å²) in [7, 11) is 0. The molecule has 0 radical (unpaired) electrons. The lowest BCUT2D eigenvalue weighted by molar-refractivity contribution is 0.1000. The summed E-state index contributed by atoms with van der Waals surface area (Å²) in [6.45, 7) is 2.18. The number of nitrogens with one attached hydrogen (secondary N) is 1. The van der Waals surface area contributed by atoms with Crippen molar-refractivity contribution in [1.29, 1.82) is 0 Å². The molecule has 1 aliphatic carbocycles. The molecule has 0 unspecified atom stereocenters. The molecule has 16 heavy (non-hydrogen) atoms. The van der Waals surface area contributed by atoms with E-state index in [4.69, 9.17) is 5.73 Å². The first-order valence-corrected chi connectivity index (χ1v) is 5.69. The molecule has 3 N–H and O–H groups in total. The van der Waals surface area contributed by atoms with Gasteiger partial charge in [-0.25, -0.2) is 4.98 Å². The fraction of sp³-hybridized carbons (Fsp3) is 0.500. The van der Waals surface area contributed by atoms with Gasteiger partial charge in [0.15, 0.2) is 0 Å². The predicted molar refractivity (Wildman–Crippen MR) is 63.3 cm³/mol. The third-order valence-corrected chi connectivity index (χ3v) is 3.43. The van der Waals surface area contributed by atoms with Gasteiger partial charge in [0.05, 0.1) is 5.56 Å². The van der Waals surface area contributed by atoms with Gasteiger partial charge in [0.2, 0.25) is 5.91 Å². The van der Waals surface area contributed by atoms with Crippen LogP contribution in [0.15, 0.2) is 18.3 Å². The Bertz CT molecular complexity index is 376. The van der Waals surface area contributed by atoms with Crippen LogP contribution in [0.4, 0.5) is 5.82 Å². The maximum atomic E-state index is 10.9. The Labute approximate surface area is 95.3 Å². The highest BCUT2D eigenvalue weighted by Gasteiger charge is 2.35. The van der Waals surface area contributed by atoms with Crippen LogP contribution in [0.1, 0.15) is 43.0 Å². The van der Waals surface area contributed by atoms with E-state index in [1.807, 2.05) is 6.07 Å². The SMILES string of the molecule is CCC1(Nc2ccc(C(N)=O)cn2)CCC1. The first-order chi connectivity index (χ1) is 7.65. The van der Waals surface area contributed by atoms with Crippen molar-refractivity contribution < 1.29 is 4.79 Å². The number of nitrogens with zero attached hydrogens (tertiary/aromatic N) is 1. The van der Waals surface area contributed by atoms with Gasteiger partial charge in [-0.05, 0) is 37.8 Å². The van der Waals surface area contributed by atoms with Crippen molar-refractivity contribution in [2.75, 3.05) is 5.32 Å². The van der Waals surface area contributed by atoms with Gasteiger partial charge in [-0.15, -0.1) is 0 Å². The van der Waals surface area contributed by atoms with Crippen LogP contribution >= 0.6 is 0 Å². The van der Waals surface area contributed by atoms with Crippen LogP contribution in [-0.4, -0.2) is 16.4 Å². The lowest BCUT2D eigenvalue weighted by Gasteiger charge is -2.42. The molecule has 1 saturated carbocycles. The highest BCUT2D eigenvalue weighted by molar-refractivity contribution is 5.92. The topological polar surface area (TPSA) is 68.0 Å². The number of aromatic nitrogens is 1. The maximum absolute atomic E-state index is 10.9. The fourth-order valence-electron chi connectivity index (χ4n) is 2.06. The highest BCUT2D eigenvalue weighted by Crippen LogP contribution is 2.37. The van der Waals surface area contributed by atoms with E-state index in [-0.39, 0.29) is 5.54 Å². The number of pyridine rings is 1. The van der Waals surface area contributed by atoms with Crippen LogP contribution in [0.25, 0.3) is 0 Å². The number of amides is 1. The molecular formula is C12H17N3O. The van der Waals surface area contributed by atoms with E-state index < -0.39 is 5.91 Å². The van der Waals surface area contributed by atoms with Crippen molar-refractivity contribution in [1.82, 2.24) is 4.98 Å². The van der Waals surface area contributed by atoms with E-state index in [1.165, 1.54) is 25.5 Å². The first kappa shape index (κ1) is 10.9. The second-order valence-electron chi connectivity index (χ2n) is 4.41. The van der Waals surface area contributed by atoms with Gasteiger partial charge in [0.25, 0.3) is 0 Å². The number of carbonyl (C=O) groups is 1. The molecule has 0 aliphatic heterocycles.